The minimum Gasteiger partial charge on any atom is -0.456 e. The summed E-state index contributed by atoms with van der Waals surface area (Å²) in [5, 5.41) is 2.17. The van der Waals surface area contributed by atoms with Gasteiger partial charge in [-0.15, -0.1) is 0 Å². The van der Waals surface area contributed by atoms with Gasteiger partial charge in [0.05, 0.1) is 22.4 Å². The van der Waals surface area contributed by atoms with Crippen molar-refractivity contribution in [2.24, 2.45) is 7.05 Å². The number of rotatable bonds is 4. The largest absolute Gasteiger partial charge is 0.456 e. The first-order valence-corrected chi connectivity index (χ1v) is 15.9. The molecule has 1 unspecified atom stereocenters. The summed E-state index contributed by atoms with van der Waals surface area (Å²) in [7, 11) is 2.00. The maximum absolute atomic E-state index is 16.7. The Bertz CT molecular complexity index is 2490. The molecule has 228 valence electrons. The lowest BCUT2D eigenvalue weighted by atomic mass is 9.72. The molecule has 0 bridgehead atoms. The van der Waals surface area contributed by atoms with Gasteiger partial charge in [0.25, 0.3) is 0 Å². The summed E-state index contributed by atoms with van der Waals surface area (Å²) in [6.45, 7) is 4.48. The Hall–Kier alpha value is -5.75. The number of benzene rings is 5. The van der Waals surface area contributed by atoms with E-state index in [0.29, 0.717) is 11.1 Å². The van der Waals surface area contributed by atoms with Crippen molar-refractivity contribution in [2.75, 3.05) is 4.90 Å². The monoisotopic (exact) mass is 614 g/mol. The summed E-state index contributed by atoms with van der Waals surface area (Å²) < 4.78 is 25.1. The zero-order valence-corrected chi connectivity index (χ0v) is 26.3. The lowest BCUT2D eigenvalue weighted by Gasteiger charge is -2.41. The summed E-state index contributed by atoms with van der Waals surface area (Å²) in [5.41, 5.74) is 9.44. The number of halogens is 1. The molecule has 1 atom stereocenters. The van der Waals surface area contributed by atoms with Crippen LogP contribution in [0.1, 0.15) is 42.3 Å². The third kappa shape index (κ3) is 4.14. The number of para-hydroxylation sites is 3. The zero-order valence-electron chi connectivity index (χ0n) is 26.3. The Labute approximate surface area is 271 Å². The molecule has 8 aromatic rings. The van der Waals surface area contributed by atoms with E-state index in [1.165, 1.54) is 0 Å². The molecular weight excluding hydrogens is 583 g/mol. The number of anilines is 3. The highest BCUT2D eigenvalue weighted by molar-refractivity contribution is 6.07. The molecule has 0 aliphatic carbocycles. The molecule has 6 heteroatoms. The minimum absolute atomic E-state index is 0.368. The SMILES string of the molecule is Cn1c(-c2cccc(C(F)c3ccc4c(c3)N(c3ccccn3)c3cc5oc6ccccc6c5cc3C4(C)C)c2)nc2ccccc21. The third-order valence-electron chi connectivity index (χ3n) is 9.74. The molecule has 47 heavy (non-hydrogen) atoms. The molecule has 0 saturated carbocycles. The van der Waals surface area contributed by atoms with Crippen LogP contribution in [0.4, 0.5) is 21.6 Å². The molecule has 4 heterocycles. The maximum Gasteiger partial charge on any atom is 0.150 e. The molecule has 0 radical (unpaired) electrons. The number of pyridine rings is 1. The molecule has 0 saturated heterocycles. The van der Waals surface area contributed by atoms with Crippen molar-refractivity contribution in [2.45, 2.75) is 25.4 Å². The van der Waals surface area contributed by atoms with E-state index in [2.05, 4.69) is 47.6 Å². The van der Waals surface area contributed by atoms with Crippen LogP contribution in [0.15, 0.2) is 132 Å². The first-order chi connectivity index (χ1) is 22.9. The first-order valence-electron chi connectivity index (χ1n) is 15.9. The van der Waals surface area contributed by atoms with E-state index in [0.717, 1.165) is 72.7 Å². The standard InChI is InChI=1S/C41H31FN4O/c1-41(2)30-19-18-26(39(42)25-11-10-12-27(21-25)40-44-32-14-5-6-15-33(32)45(40)3)22-34(30)46(38-17-8-9-20-43-38)35-24-37-29(23-31(35)41)28-13-4-7-16-36(28)47-37/h4-24,39H,1-3H3. The molecule has 0 N–H and O–H groups in total. The summed E-state index contributed by atoms with van der Waals surface area (Å²) in [6, 6.07) is 40.1. The Morgan fingerprint density at radius 2 is 1.49 bits per heavy atom. The van der Waals surface area contributed by atoms with Crippen LogP contribution in [0.2, 0.25) is 0 Å². The van der Waals surface area contributed by atoms with Crippen LogP contribution < -0.4 is 4.90 Å². The summed E-state index contributed by atoms with van der Waals surface area (Å²) in [6.07, 6.45) is 0.450. The maximum atomic E-state index is 16.7. The van der Waals surface area contributed by atoms with Crippen molar-refractivity contribution >= 4 is 50.2 Å². The molecular formula is C41H31FN4O. The van der Waals surface area contributed by atoms with Crippen LogP contribution in [0, 0.1) is 0 Å². The summed E-state index contributed by atoms with van der Waals surface area (Å²) in [5.74, 6) is 1.57. The number of nitrogens with zero attached hydrogens (tertiary/aromatic N) is 4. The second-order valence-electron chi connectivity index (χ2n) is 12.9. The van der Waals surface area contributed by atoms with Crippen LogP contribution in [0.3, 0.4) is 0 Å². The molecule has 0 amide bonds. The number of alkyl halides is 1. The van der Waals surface area contributed by atoms with Crippen molar-refractivity contribution in [1.29, 1.82) is 0 Å². The van der Waals surface area contributed by atoms with Crippen LogP contribution in [-0.2, 0) is 12.5 Å². The number of fused-ring (bicyclic) bond motifs is 6. The molecule has 0 spiro atoms. The van der Waals surface area contributed by atoms with Crippen molar-refractivity contribution in [3.63, 3.8) is 0 Å². The Morgan fingerprint density at radius 1 is 0.702 bits per heavy atom. The van der Waals surface area contributed by atoms with Gasteiger partial charge in [0.15, 0.2) is 6.17 Å². The fourth-order valence-electron chi connectivity index (χ4n) is 7.31. The fourth-order valence-corrected chi connectivity index (χ4v) is 7.31. The normalized spacial score (nSPS) is 14.4. The van der Waals surface area contributed by atoms with Crippen LogP contribution in [0.5, 0.6) is 0 Å². The van der Waals surface area contributed by atoms with Crippen LogP contribution in [-0.4, -0.2) is 14.5 Å². The number of aryl methyl sites for hydroxylation is 1. The summed E-state index contributed by atoms with van der Waals surface area (Å²) >= 11 is 0. The van der Waals surface area contributed by atoms with Crippen molar-refractivity contribution in [3.05, 3.63) is 150 Å². The number of imidazole rings is 1. The van der Waals surface area contributed by atoms with E-state index in [4.69, 9.17) is 14.4 Å². The van der Waals surface area contributed by atoms with Gasteiger partial charge in [0.1, 0.15) is 22.8 Å². The van der Waals surface area contributed by atoms with Gasteiger partial charge in [-0.2, -0.15) is 0 Å². The van der Waals surface area contributed by atoms with Crippen LogP contribution in [0.25, 0.3) is 44.4 Å². The Morgan fingerprint density at radius 3 is 2.34 bits per heavy atom. The predicted octanol–water partition coefficient (Wildman–Crippen LogP) is 10.7. The average molecular weight is 615 g/mol. The highest BCUT2D eigenvalue weighted by Crippen LogP contribution is 2.54. The van der Waals surface area contributed by atoms with Crippen LogP contribution >= 0.6 is 0 Å². The van der Waals surface area contributed by atoms with E-state index in [9.17, 15) is 0 Å². The van der Waals surface area contributed by atoms with Gasteiger partial charge in [-0.05, 0) is 70.8 Å². The Balaban J connectivity index is 1.19. The topological polar surface area (TPSA) is 47.1 Å². The highest BCUT2D eigenvalue weighted by Gasteiger charge is 2.38. The van der Waals surface area contributed by atoms with Gasteiger partial charge >= 0.3 is 0 Å². The average Bonchev–Trinajstić information content (AvgIpc) is 3.64. The third-order valence-corrected chi connectivity index (χ3v) is 9.74. The first kappa shape index (κ1) is 27.6. The lowest BCUT2D eigenvalue weighted by Crippen LogP contribution is -2.31. The van der Waals surface area contributed by atoms with Gasteiger partial charge in [-0.3, -0.25) is 4.90 Å². The highest BCUT2D eigenvalue weighted by atomic mass is 19.1. The van der Waals surface area contributed by atoms with E-state index in [-0.39, 0.29) is 5.41 Å². The van der Waals surface area contributed by atoms with Gasteiger partial charge < -0.3 is 8.98 Å². The second kappa shape index (κ2) is 10.1. The molecule has 9 rings (SSSR count). The predicted molar refractivity (Wildman–Crippen MR) is 187 cm³/mol. The molecule has 1 aliphatic heterocycles. The van der Waals surface area contributed by atoms with E-state index >= 15 is 4.39 Å². The fraction of sp³-hybridized carbons (Fsp3) is 0.122. The van der Waals surface area contributed by atoms with Gasteiger partial charge in [-0.1, -0.05) is 80.6 Å². The number of furan rings is 1. The minimum atomic E-state index is -1.34. The van der Waals surface area contributed by atoms with Crippen molar-refractivity contribution < 1.29 is 8.81 Å². The second-order valence-corrected chi connectivity index (χ2v) is 12.9. The number of hydrogen-bond acceptors (Lipinski definition) is 4. The molecule has 0 fully saturated rings. The number of aromatic nitrogens is 3. The molecule has 5 nitrogen and oxygen atoms in total. The zero-order chi connectivity index (χ0) is 31.9. The molecule has 3 aromatic heterocycles. The van der Waals surface area contributed by atoms with Gasteiger partial charge in [0.2, 0.25) is 0 Å². The smallest absolute Gasteiger partial charge is 0.150 e. The van der Waals surface area contributed by atoms with E-state index in [1.54, 1.807) is 6.20 Å². The van der Waals surface area contributed by atoms with E-state index < -0.39 is 6.17 Å². The lowest BCUT2D eigenvalue weighted by molar-refractivity contribution is 0.402. The molecule has 1 aliphatic rings. The van der Waals surface area contributed by atoms with E-state index in [1.807, 2.05) is 104 Å². The van der Waals surface area contributed by atoms with Crippen molar-refractivity contribution in [3.8, 4) is 11.4 Å². The van der Waals surface area contributed by atoms with Crippen molar-refractivity contribution in [1.82, 2.24) is 14.5 Å². The number of hydrogen-bond donors (Lipinski definition) is 0. The Kier molecular flexibility index (Phi) is 5.94. The van der Waals surface area contributed by atoms with Gasteiger partial charge in [0, 0.05) is 41.1 Å². The quantitative estimate of drug-likeness (QED) is 0.198. The summed E-state index contributed by atoms with van der Waals surface area (Å²) in [4.78, 5) is 11.8. The molecule has 5 aromatic carbocycles. The van der Waals surface area contributed by atoms with Gasteiger partial charge in [-0.25, -0.2) is 14.4 Å².